The molecule has 25 heavy (non-hydrogen) atoms. The van der Waals surface area contributed by atoms with E-state index in [9.17, 15) is 19.7 Å². The van der Waals surface area contributed by atoms with Crippen LogP contribution in [0.1, 0.15) is 17.2 Å². The Morgan fingerprint density at radius 3 is 2.68 bits per heavy atom. The van der Waals surface area contributed by atoms with E-state index < -0.39 is 23.0 Å². The van der Waals surface area contributed by atoms with Gasteiger partial charge in [-0.2, -0.15) is 0 Å². The van der Waals surface area contributed by atoms with Crippen molar-refractivity contribution in [2.75, 3.05) is 6.61 Å². The third-order valence-electron chi connectivity index (χ3n) is 3.79. The van der Waals surface area contributed by atoms with Crippen molar-refractivity contribution >= 4 is 23.8 Å². The van der Waals surface area contributed by atoms with Gasteiger partial charge in [-0.25, -0.2) is 9.69 Å². The number of non-ortho nitro benzene ring substituents is 1. The molecule has 1 fully saturated rings. The van der Waals surface area contributed by atoms with Crippen molar-refractivity contribution in [3.05, 3.63) is 81.9 Å². The standard InChI is InChI=1S/C18H14N2O5/c21-17(10-9-13-5-4-8-15(11-13)20(23)24)19-16(12-25-18(19)22)14-6-2-1-3-7-14/h1-11,16H,12H2/b10-9+/t16-/m0/s1. The molecular weight excluding hydrogens is 324 g/mol. The molecule has 0 radical (unpaired) electrons. The maximum absolute atomic E-state index is 12.4. The highest BCUT2D eigenvalue weighted by Crippen LogP contribution is 2.28. The fraction of sp³-hybridized carbons (Fsp3) is 0.111. The Bertz CT molecular complexity index is 848. The van der Waals surface area contributed by atoms with Crippen LogP contribution in [0, 0.1) is 10.1 Å². The predicted octanol–water partition coefficient (Wildman–Crippen LogP) is 3.33. The van der Waals surface area contributed by atoms with Gasteiger partial charge in [0.25, 0.3) is 11.6 Å². The number of rotatable bonds is 4. The summed E-state index contributed by atoms with van der Waals surface area (Å²) in [4.78, 5) is 35.7. The molecule has 0 unspecified atom stereocenters. The van der Waals surface area contributed by atoms with Gasteiger partial charge in [-0.3, -0.25) is 14.9 Å². The van der Waals surface area contributed by atoms with Gasteiger partial charge in [-0.05, 0) is 17.2 Å². The van der Waals surface area contributed by atoms with Crippen molar-refractivity contribution in [3.8, 4) is 0 Å². The van der Waals surface area contributed by atoms with Gasteiger partial charge >= 0.3 is 6.09 Å². The van der Waals surface area contributed by atoms with Crippen molar-refractivity contribution < 1.29 is 19.2 Å². The second kappa shape index (κ2) is 6.96. The minimum Gasteiger partial charge on any atom is -0.446 e. The number of nitro groups is 1. The molecule has 1 aliphatic heterocycles. The molecule has 0 saturated carbocycles. The van der Waals surface area contributed by atoms with Crippen molar-refractivity contribution in [2.24, 2.45) is 0 Å². The molecule has 0 aromatic heterocycles. The van der Waals surface area contributed by atoms with Crippen LogP contribution in [0.2, 0.25) is 0 Å². The van der Waals surface area contributed by atoms with E-state index in [4.69, 9.17) is 4.74 Å². The van der Waals surface area contributed by atoms with Gasteiger partial charge in [0.2, 0.25) is 0 Å². The Labute approximate surface area is 143 Å². The molecule has 1 aliphatic rings. The Morgan fingerprint density at radius 2 is 1.96 bits per heavy atom. The fourth-order valence-electron chi connectivity index (χ4n) is 2.58. The largest absolute Gasteiger partial charge is 0.446 e. The Kier molecular flexibility index (Phi) is 4.56. The predicted molar refractivity (Wildman–Crippen MR) is 89.5 cm³/mol. The van der Waals surface area contributed by atoms with E-state index in [0.29, 0.717) is 5.56 Å². The van der Waals surface area contributed by atoms with Gasteiger partial charge in [0.1, 0.15) is 12.6 Å². The summed E-state index contributed by atoms with van der Waals surface area (Å²) in [6.45, 7) is 0.0965. The molecule has 0 aliphatic carbocycles. The van der Waals surface area contributed by atoms with Crippen molar-refractivity contribution in [3.63, 3.8) is 0 Å². The van der Waals surface area contributed by atoms with Gasteiger partial charge in [-0.15, -0.1) is 0 Å². The molecule has 126 valence electrons. The van der Waals surface area contributed by atoms with E-state index in [0.717, 1.165) is 10.5 Å². The summed E-state index contributed by atoms with van der Waals surface area (Å²) in [5.74, 6) is -0.539. The molecule has 0 spiro atoms. The number of nitrogens with zero attached hydrogens (tertiary/aromatic N) is 2. The quantitative estimate of drug-likeness (QED) is 0.484. The zero-order valence-corrected chi connectivity index (χ0v) is 13.1. The highest BCUT2D eigenvalue weighted by atomic mass is 16.6. The molecule has 7 nitrogen and oxygen atoms in total. The van der Waals surface area contributed by atoms with Crippen LogP contribution in [0.25, 0.3) is 6.08 Å². The average Bonchev–Trinajstić information content (AvgIpc) is 3.02. The number of amides is 2. The summed E-state index contributed by atoms with van der Waals surface area (Å²) in [5.41, 5.74) is 1.22. The fourth-order valence-corrected chi connectivity index (χ4v) is 2.58. The molecule has 1 heterocycles. The number of cyclic esters (lactones) is 1. The van der Waals surface area contributed by atoms with Gasteiger partial charge < -0.3 is 4.74 Å². The number of nitro benzene ring substituents is 1. The molecule has 2 amide bonds. The highest BCUT2D eigenvalue weighted by molar-refractivity contribution is 6.02. The van der Waals surface area contributed by atoms with Crippen LogP contribution in [0.5, 0.6) is 0 Å². The van der Waals surface area contributed by atoms with Crippen LogP contribution in [-0.4, -0.2) is 28.4 Å². The number of benzene rings is 2. The lowest BCUT2D eigenvalue weighted by atomic mass is 10.1. The molecule has 0 bridgehead atoms. The third kappa shape index (κ3) is 3.55. The van der Waals surface area contributed by atoms with E-state index in [1.807, 2.05) is 30.3 Å². The summed E-state index contributed by atoms with van der Waals surface area (Å²) >= 11 is 0. The Balaban J connectivity index is 1.80. The van der Waals surface area contributed by atoms with E-state index in [1.165, 1.54) is 30.4 Å². The lowest BCUT2D eigenvalue weighted by Gasteiger charge is -2.18. The molecule has 2 aromatic rings. The van der Waals surface area contributed by atoms with Crippen molar-refractivity contribution in [2.45, 2.75) is 6.04 Å². The van der Waals surface area contributed by atoms with Crippen LogP contribution < -0.4 is 0 Å². The zero-order chi connectivity index (χ0) is 17.8. The topological polar surface area (TPSA) is 89.8 Å². The number of carbonyl (C=O) groups is 2. The van der Waals surface area contributed by atoms with Gasteiger partial charge in [0.15, 0.2) is 0 Å². The van der Waals surface area contributed by atoms with Crippen molar-refractivity contribution in [1.82, 2.24) is 4.90 Å². The third-order valence-corrected chi connectivity index (χ3v) is 3.79. The van der Waals surface area contributed by atoms with E-state index in [1.54, 1.807) is 6.07 Å². The van der Waals surface area contributed by atoms with Crippen LogP contribution in [0.15, 0.2) is 60.7 Å². The summed E-state index contributed by atoms with van der Waals surface area (Å²) in [6.07, 6.45) is 1.94. The van der Waals surface area contributed by atoms with Crippen LogP contribution in [-0.2, 0) is 9.53 Å². The molecular formula is C18H14N2O5. The maximum Gasteiger partial charge on any atom is 0.417 e. The first-order valence-corrected chi connectivity index (χ1v) is 7.53. The number of ether oxygens (including phenoxy) is 1. The number of carbonyl (C=O) groups excluding carboxylic acids is 2. The van der Waals surface area contributed by atoms with Crippen LogP contribution >= 0.6 is 0 Å². The summed E-state index contributed by atoms with van der Waals surface area (Å²) < 4.78 is 5.00. The molecule has 1 atom stereocenters. The van der Waals surface area contributed by atoms with E-state index in [2.05, 4.69) is 0 Å². The van der Waals surface area contributed by atoms with E-state index >= 15 is 0 Å². The summed E-state index contributed by atoms with van der Waals surface area (Å²) in [5, 5.41) is 10.8. The summed E-state index contributed by atoms with van der Waals surface area (Å²) in [6, 6.07) is 14.5. The number of hydrogen-bond donors (Lipinski definition) is 0. The second-order valence-corrected chi connectivity index (χ2v) is 5.40. The van der Waals surface area contributed by atoms with E-state index in [-0.39, 0.29) is 12.3 Å². The lowest BCUT2D eigenvalue weighted by molar-refractivity contribution is -0.384. The SMILES string of the molecule is O=C(/C=C/c1cccc([N+](=O)[O-])c1)N1C(=O)OC[C@H]1c1ccccc1. The van der Waals surface area contributed by atoms with Crippen LogP contribution in [0.3, 0.4) is 0 Å². The maximum atomic E-state index is 12.4. The molecule has 7 heteroatoms. The minimum absolute atomic E-state index is 0.0719. The lowest BCUT2D eigenvalue weighted by Crippen LogP contribution is -2.32. The van der Waals surface area contributed by atoms with Gasteiger partial charge in [-0.1, -0.05) is 42.5 Å². The first-order valence-electron chi connectivity index (χ1n) is 7.53. The van der Waals surface area contributed by atoms with Crippen LogP contribution in [0.4, 0.5) is 10.5 Å². The number of imide groups is 1. The summed E-state index contributed by atoms with van der Waals surface area (Å²) in [7, 11) is 0. The second-order valence-electron chi connectivity index (χ2n) is 5.40. The normalized spacial score (nSPS) is 16.9. The molecule has 0 N–H and O–H groups in total. The zero-order valence-electron chi connectivity index (χ0n) is 13.1. The number of hydrogen-bond acceptors (Lipinski definition) is 5. The minimum atomic E-state index is -0.706. The smallest absolute Gasteiger partial charge is 0.417 e. The Morgan fingerprint density at radius 1 is 1.20 bits per heavy atom. The van der Waals surface area contributed by atoms with Gasteiger partial charge in [0, 0.05) is 18.2 Å². The first-order chi connectivity index (χ1) is 12.1. The molecule has 3 rings (SSSR count). The average molecular weight is 338 g/mol. The molecule has 2 aromatic carbocycles. The monoisotopic (exact) mass is 338 g/mol. The van der Waals surface area contributed by atoms with Gasteiger partial charge in [0.05, 0.1) is 4.92 Å². The van der Waals surface area contributed by atoms with Crippen molar-refractivity contribution in [1.29, 1.82) is 0 Å². The molecule has 1 saturated heterocycles. The highest BCUT2D eigenvalue weighted by Gasteiger charge is 2.37. The first kappa shape index (κ1) is 16.4. The Hall–Kier alpha value is -3.48.